The van der Waals surface area contributed by atoms with E-state index in [9.17, 15) is 0 Å². The van der Waals surface area contributed by atoms with Gasteiger partial charge in [-0.3, -0.25) is 4.99 Å². The van der Waals surface area contributed by atoms with Crippen molar-refractivity contribution in [3.63, 3.8) is 0 Å². The van der Waals surface area contributed by atoms with Crippen LogP contribution < -0.4 is 16.0 Å². The zero-order valence-corrected chi connectivity index (χ0v) is 16.9. The Bertz CT molecular complexity index is 423. The normalized spacial score (nSPS) is 10.8. The molecule has 0 aliphatic carbocycles. The van der Waals surface area contributed by atoms with Crippen molar-refractivity contribution < 1.29 is 4.74 Å². The molecule has 5 nitrogen and oxygen atoms in total. The topological polar surface area (TPSA) is 57.7 Å². The van der Waals surface area contributed by atoms with E-state index in [-0.39, 0.29) is 24.0 Å². The van der Waals surface area contributed by atoms with Gasteiger partial charge in [0.05, 0.1) is 6.61 Å². The molecule has 0 aliphatic rings. The van der Waals surface area contributed by atoms with Gasteiger partial charge >= 0.3 is 0 Å². The molecule has 0 bridgehead atoms. The Morgan fingerprint density at radius 2 is 1.83 bits per heavy atom. The molecule has 0 aliphatic heterocycles. The Morgan fingerprint density at radius 1 is 1.09 bits per heavy atom. The van der Waals surface area contributed by atoms with Gasteiger partial charge in [-0.2, -0.15) is 0 Å². The number of methoxy groups -OCH3 is 1. The zero-order chi connectivity index (χ0) is 16.0. The van der Waals surface area contributed by atoms with Crippen LogP contribution in [0.5, 0.6) is 0 Å². The van der Waals surface area contributed by atoms with E-state index in [4.69, 9.17) is 4.74 Å². The van der Waals surface area contributed by atoms with E-state index in [1.807, 2.05) is 0 Å². The summed E-state index contributed by atoms with van der Waals surface area (Å²) in [6, 6.07) is 8.41. The number of unbranched alkanes of at least 4 members (excludes halogenated alkanes) is 2. The summed E-state index contributed by atoms with van der Waals surface area (Å²) in [5.74, 6) is 0.860. The van der Waals surface area contributed by atoms with E-state index in [1.54, 1.807) is 14.2 Å². The summed E-state index contributed by atoms with van der Waals surface area (Å²) in [5, 5.41) is 9.97. The molecule has 0 radical (unpaired) electrons. The fourth-order valence-electron chi connectivity index (χ4n) is 2.03. The van der Waals surface area contributed by atoms with Crippen LogP contribution in [0.2, 0.25) is 0 Å². The number of nitrogens with zero attached hydrogens (tertiary/aromatic N) is 1. The molecule has 23 heavy (non-hydrogen) atoms. The van der Waals surface area contributed by atoms with Crippen LogP contribution in [0.1, 0.15) is 31.7 Å². The minimum atomic E-state index is 0. The average Bonchev–Trinajstić information content (AvgIpc) is 2.56. The molecule has 0 spiro atoms. The van der Waals surface area contributed by atoms with E-state index in [1.165, 1.54) is 24.8 Å². The third kappa shape index (κ3) is 10.4. The summed E-state index contributed by atoms with van der Waals surface area (Å²) in [5.41, 5.74) is 2.34. The summed E-state index contributed by atoms with van der Waals surface area (Å²) in [6.07, 6.45) is 3.67. The van der Waals surface area contributed by atoms with Crippen molar-refractivity contribution in [2.75, 3.05) is 39.2 Å². The van der Waals surface area contributed by atoms with Gasteiger partial charge < -0.3 is 20.7 Å². The first kappa shape index (κ1) is 22.0. The molecule has 0 unspecified atom stereocenters. The number of benzene rings is 1. The Labute approximate surface area is 157 Å². The Hall–Kier alpha value is -1.02. The maximum Gasteiger partial charge on any atom is 0.191 e. The van der Waals surface area contributed by atoms with Gasteiger partial charge in [0.25, 0.3) is 0 Å². The lowest BCUT2D eigenvalue weighted by Gasteiger charge is -2.12. The highest BCUT2D eigenvalue weighted by atomic mass is 127. The van der Waals surface area contributed by atoms with Gasteiger partial charge in [-0.1, -0.05) is 31.9 Å². The van der Waals surface area contributed by atoms with Gasteiger partial charge in [-0.05, 0) is 24.1 Å². The lowest BCUT2D eigenvalue weighted by Crippen LogP contribution is -2.37. The number of rotatable bonds is 10. The molecule has 0 atom stereocenters. The van der Waals surface area contributed by atoms with Gasteiger partial charge in [-0.15, -0.1) is 24.0 Å². The summed E-state index contributed by atoms with van der Waals surface area (Å²) >= 11 is 0. The van der Waals surface area contributed by atoms with E-state index in [2.05, 4.69) is 52.1 Å². The second-order valence-electron chi connectivity index (χ2n) is 5.18. The molecular weight excluding hydrogens is 403 g/mol. The van der Waals surface area contributed by atoms with Gasteiger partial charge in [0.15, 0.2) is 5.96 Å². The minimum Gasteiger partial charge on any atom is -0.383 e. The van der Waals surface area contributed by atoms with Crippen molar-refractivity contribution >= 4 is 35.6 Å². The smallest absolute Gasteiger partial charge is 0.191 e. The molecule has 0 heterocycles. The summed E-state index contributed by atoms with van der Waals surface area (Å²) in [7, 11) is 3.51. The molecular formula is C17H31IN4O. The van der Waals surface area contributed by atoms with Crippen LogP contribution in [-0.2, 0) is 11.3 Å². The standard InChI is InChI=1S/C17H30N4O.HI/c1-4-5-6-11-20-17(18-2)21-14-15-7-9-16(10-8-15)19-12-13-22-3;/h7-10,19H,4-6,11-14H2,1-3H3,(H2,18,20,21);1H. The molecule has 0 saturated heterocycles. The van der Waals surface area contributed by atoms with Gasteiger partial charge in [0, 0.05) is 39.5 Å². The van der Waals surface area contributed by atoms with Crippen LogP contribution in [0.15, 0.2) is 29.3 Å². The zero-order valence-electron chi connectivity index (χ0n) is 14.5. The average molecular weight is 434 g/mol. The quantitative estimate of drug-likeness (QED) is 0.229. The molecule has 0 fully saturated rings. The second-order valence-corrected chi connectivity index (χ2v) is 5.18. The van der Waals surface area contributed by atoms with Crippen LogP contribution in [-0.4, -0.2) is 39.8 Å². The van der Waals surface area contributed by atoms with Crippen LogP contribution >= 0.6 is 24.0 Å². The highest BCUT2D eigenvalue weighted by Crippen LogP contribution is 2.08. The van der Waals surface area contributed by atoms with E-state index in [0.717, 1.165) is 31.3 Å². The van der Waals surface area contributed by atoms with Crippen molar-refractivity contribution in [1.82, 2.24) is 10.6 Å². The molecule has 1 rings (SSSR count). The number of hydrogen-bond acceptors (Lipinski definition) is 3. The van der Waals surface area contributed by atoms with Crippen molar-refractivity contribution in [3.05, 3.63) is 29.8 Å². The van der Waals surface area contributed by atoms with Crippen LogP contribution in [0.4, 0.5) is 5.69 Å². The molecule has 0 amide bonds. The van der Waals surface area contributed by atoms with Crippen molar-refractivity contribution in [2.45, 2.75) is 32.7 Å². The summed E-state index contributed by atoms with van der Waals surface area (Å²) < 4.78 is 5.02. The Balaban J connectivity index is 0.00000484. The summed E-state index contributed by atoms with van der Waals surface area (Å²) in [6.45, 7) is 5.48. The van der Waals surface area contributed by atoms with Crippen LogP contribution in [0, 0.1) is 0 Å². The maximum atomic E-state index is 5.02. The number of halogens is 1. The predicted octanol–water partition coefficient (Wildman–Crippen LogP) is 3.22. The van der Waals surface area contributed by atoms with E-state index in [0.29, 0.717) is 6.61 Å². The molecule has 1 aromatic carbocycles. The van der Waals surface area contributed by atoms with E-state index >= 15 is 0 Å². The van der Waals surface area contributed by atoms with Gasteiger partial charge in [0.2, 0.25) is 0 Å². The van der Waals surface area contributed by atoms with Gasteiger partial charge in [0.1, 0.15) is 0 Å². The van der Waals surface area contributed by atoms with E-state index < -0.39 is 0 Å². The third-order valence-electron chi connectivity index (χ3n) is 3.35. The first-order chi connectivity index (χ1) is 10.8. The van der Waals surface area contributed by atoms with Crippen molar-refractivity contribution in [2.24, 2.45) is 4.99 Å². The number of nitrogens with one attached hydrogen (secondary N) is 3. The highest BCUT2D eigenvalue weighted by Gasteiger charge is 1.98. The van der Waals surface area contributed by atoms with Crippen LogP contribution in [0.3, 0.4) is 0 Å². The third-order valence-corrected chi connectivity index (χ3v) is 3.35. The van der Waals surface area contributed by atoms with Gasteiger partial charge in [-0.25, -0.2) is 0 Å². The molecule has 6 heteroatoms. The lowest BCUT2D eigenvalue weighted by atomic mass is 10.2. The predicted molar refractivity (Wildman–Crippen MR) is 110 cm³/mol. The molecule has 1 aromatic rings. The number of anilines is 1. The molecule has 0 saturated carbocycles. The molecule has 0 aromatic heterocycles. The minimum absolute atomic E-state index is 0. The van der Waals surface area contributed by atoms with Crippen molar-refractivity contribution in [1.29, 1.82) is 0 Å². The second kappa shape index (κ2) is 14.6. The monoisotopic (exact) mass is 434 g/mol. The molecule has 3 N–H and O–H groups in total. The maximum absolute atomic E-state index is 5.02. The largest absolute Gasteiger partial charge is 0.383 e. The molecule has 132 valence electrons. The Kier molecular flexibility index (Phi) is 13.9. The number of aliphatic imine (C=N–C) groups is 1. The first-order valence-corrected chi connectivity index (χ1v) is 8.06. The number of hydrogen-bond donors (Lipinski definition) is 3. The fraction of sp³-hybridized carbons (Fsp3) is 0.588. The number of guanidine groups is 1. The highest BCUT2D eigenvalue weighted by molar-refractivity contribution is 14.0. The van der Waals surface area contributed by atoms with Crippen molar-refractivity contribution in [3.8, 4) is 0 Å². The SMILES string of the molecule is CCCCCNC(=NC)NCc1ccc(NCCOC)cc1.I. The Morgan fingerprint density at radius 3 is 2.43 bits per heavy atom. The lowest BCUT2D eigenvalue weighted by molar-refractivity contribution is 0.211. The summed E-state index contributed by atoms with van der Waals surface area (Å²) in [4.78, 5) is 4.24. The fourth-order valence-corrected chi connectivity index (χ4v) is 2.03. The van der Waals surface area contributed by atoms with Crippen LogP contribution in [0.25, 0.3) is 0 Å². The number of ether oxygens (including phenoxy) is 1. The first-order valence-electron chi connectivity index (χ1n) is 8.06.